The second kappa shape index (κ2) is 2.30. The molecule has 0 N–H and O–H groups in total. The highest BCUT2D eigenvalue weighted by Crippen LogP contribution is 1.96. The van der Waals surface area contributed by atoms with Gasteiger partial charge in [-0.25, -0.2) is 4.99 Å². The molecule has 4 nitrogen and oxygen atoms in total. The molecule has 1 aliphatic rings. The molecular formula is C5H4NO3-. The summed E-state index contributed by atoms with van der Waals surface area (Å²) in [6, 6.07) is 0. The van der Waals surface area contributed by atoms with Gasteiger partial charge in [-0.3, -0.25) is 0 Å². The molecular weight excluding hydrogens is 122 g/mol. The lowest BCUT2D eigenvalue weighted by molar-refractivity contribution is -0.314. The fraction of sp³-hybridized carbons (Fsp3) is 0.200. The van der Waals surface area contributed by atoms with Crippen LogP contribution in [0.2, 0.25) is 0 Å². The van der Waals surface area contributed by atoms with E-state index in [1.165, 1.54) is 18.6 Å². The molecule has 4 heteroatoms. The average molecular weight is 126 g/mol. The molecule has 0 saturated heterocycles. The van der Waals surface area contributed by atoms with E-state index in [4.69, 9.17) is 0 Å². The number of carboxylic acid groups (broad SMARTS) is 1. The SMILES string of the molecule is O=C([O-])C1N=CC=CO1. The highest BCUT2D eigenvalue weighted by molar-refractivity contribution is 5.77. The fourth-order valence-electron chi connectivity index (χ4n) is 0.434. The van der Waals surface area contributed by atoms with Crippen molar-refractivity contribution in [3.8, 4) is 0 Å². The molecule has 0 aliphatic carbocycles. The molecule has 9 heavy (non-hydrogen) atoms. The molecule has 1 aliphatic heterocycles. The van der Waals surface area contributed by atoms with E-state index < -0.39 is 12.2 Å². The van der Waals surface area contributed by atoms with E-state index in [-0.39, 0.29) is 0 Å². The summed E-state index contributed by atoms with van der Waals surface area (Å²) >= 11 is 0. The van der Waals surface area contributed by atoms with Crippen LogP contribution in [0.3, 0.4) is 0 Å². The minimum Gasteiger partial charge on any atom is -0.544 e. The zero-order valence-corrected chi connectivity index (χ0v) is 4.48. The van der Waals surface area contributed by atoms with Crippen LogP contribution in [0.25, 0.3) is 0 Å². The zero-order valence-electron chi connectivity index (χ0n) is 4.48. The van der Waals surface area contributed by atoms with Crippen molar-refractivity contribution in [2.24, 2.45) is 4.99 Å². The summed E-state index contributed by atoms with van der Waals surface area (Å²) in [6.45, 7) is 0. The van der Waals surface area contributed by atoms with Crippen molar-refractivity contribution in [2.75, 3.05) is 0 Å². The Labute approximate surface area is 51.5 Å². The van der Waals surface area contributed by atoms with Crippen LogP contribution in [0.5, 0.6) is 0 Å². The maximum Gasteiger partial charge on any atom is 0.228 e. The molecule has 0 saturated carbocycles. The molecule has 0 aromatic carbocycles. The van der Waals surface area contributed by atoms with Crippen LogP contribution < -0.4 is 5.11 Å². The Morgan fingerprint density at radius 1 is 1.78 bits per heavy atom. The van der Waals surface area contributed by atoms with Crippen molar-refractivity contribution in [1.29, 1.82) is 0 Å². The third-order valence-corrected chi connectivity index (χ3v) is 0.795. The number of hydrogen-bond donors (Lipinski definition) is 0. The highest BCUT2D eigenvalue weighted by Gasteiger charge is 2.05. The van der Waals surface area contributed by atoms with Crippen molar-refractivity contribution in [3.05, 3.63) is 12.3 Å². The molecule has 1 rings (SSSR count). The Balaban J connectivity index is 2.56. The van der Waals surface area contributed by atoms with E-state index in [2.05, 4.69) is 9.73 Å². The van der Waals surface area contributed by atoms with E-state index in [1.54, 1.807) is 0 Å². The van der Waals surface area contributed by atoms with Crippen molar-refractivity contribution in [1.82, 2.24) is 0 Å². The fourth-order valence-corrected chi connectivity index (χ4v) is 0.434. The highest BCUT2D eigenvalue weighted by atomic mass is 16.5. The Kier molecular flexibility index (Phi) is 1.48. The van der Waals surface area contributed by atoms with E-state index >= 15 is 0 Å². The smallest absolute Gasteiger partial charge is 0.228 e. The summed E-state index contributed by atoms with van der Waals surface area (Å²) in [5.41, 5.74) is 0. The van der Waals surface area contributed by atoms with Gasteiger partial charge in [0, 0.05) is 6.21 Å². The first-order chi connectivity index (χ1) is 4.30. The number of aliphatic imine (C=N–C) groups is 1. The van der Waals surface area contributed by atoms with Gasteiger partial charge in [-0.2, -0.15) is 0 Å². The predicted molar refractivity (Wildman–Crippen MR) is 27.5 cm³/mol. The maximum absolute atomic E-state index is 9.97. The van der Waals surface area contributed by atoms with Crippen LogP contribution in [0.1, 0.15) is 0 Å². The third kappa shape index (κ3) is 1.28. The molecule has 0 spiro atoms. The molecule has 0 aromatic rings. The quantitative estimate of drug-likeness (QED) is 0.437. The summed E-state index contributed by atoms with van der Waals surface area (Å²) in [5, 5.41) is 9.97. The lowest BCUT2D eigenvalue weighted by atomic mass is 10.5. The van der Waals surface area contributed by atoms with Gasteiger partial charge in [0.05, 0.1) is 6.26 Å². The second-order valence-corrected chi connectivity index (χ2v) is 1.43. The zero-order chi connectivity index (χ0) is 6.69. The Morgan fingerprint density at radius 3 is 2.89 bits per heavy atom. The largest absolute Gasteiger partial charge is 0.544 e. The van der Waals surface area contributed by atoms with E-state index in [0.717, 1.165) is 0 Å². The Bertz CT molecular complexity index is 173. The maximum atomic E-state index is 9.97. The lowest BCUT2D eigenvalue weighted by Crippen LogP contribution is -2.36. The lowest BCUT2D eigenvalue weighted by Gasteiger charge is -2.13. The van der Waals surface area contributed by atoms with Crippen molar-refractivity contribution < 1.29 is 14.6 Å². The molecule has 0 bridgehead atoms. The van der Waals surface area contributed by atoms with Gasteiger partial charge in [-0.05, 0) is 6.08 Å². The molecule has 0 aromatic heterocycles. The number of ether oxygens (including phenoxy) is 1. The van der Waals surface area contributed by atoms with Gasteiger partial charge in [0.2, 0.25) is 6.23 Å². The van der Waals surface area contributed by atoms with Gasteiger partial charge in [0.25, 0.3) is 0 Å². The minimum atomic E-state index is -1.32. The van der Waals surface area contributed by atoms with Gasteiger partial charge >= 0.3 is 0 Å². The van der Waals surface area contributed by atoms with Gasteiger partial charge in [-0.15, -0.1) is 0 Å². The second-order valence-electron chi connectivity index (χ2n) is 1.43. The molecule has 0 amide bonds. The number of aliphatic carboxylic acids is 1. The van der Waals surface area contributed by atoms with Crippen LogP contribution >= 0.6 is 0 Å². The van der Waals surface area contributed by atoms with Gasteiger partial charge in [-0.1, -0.05) is 0 Å². The van der Waals surface area contributed by atoms with E-state index in [9.17, 15) is 9.90 Å². The first-order valence-electron chi connectivity index (χ1n) is 2.35. The number of nitrogens with zero attached hydrogens (tertiary/aromatic N) is 1. The van der Waals surface area contributed by atoms with Crippen molar-refractivity contribution in [2.45, 2.75) is 6.23 Å². The summed E-state index contributed by atoms with van der Waals surface area (Å²) < 4.78 is 4.50. The molecule has 48 valence electrons. The number of carbonyl (C=O) groups excluding carboxylic acids is 1. The van der Waals surface area contributed by atoms with Crippen LogP contribution in [0.15, 0.2) is 17.3 Å². The Hall–Kier alpha value is -1.32. The molecule has 1 unspecified atom stereocenters. The topological polar surface area (TPSA) is 61.7 Å². The van der Waals surface area contributed by atoms with Gasteiger partial charge in [0.1, 0.15) is 5.97 Å². The summed E-state index contributed by atoms with van der Waals surface area (Å²) in [7, 11) is 0. The predicted octanol–water partition coefficient (Wildman–Crippen LogP) is -1.32. The molecule has 1 heterocycles. The minimum absolute atomic E-state index is 1.16. The third-order valence-electron chi connectivity index (χ3n) is 0.795. The monoisotopic (exact) mass is 126 g/mol. The van der Waals surface area contributed by atoms with E-state index in [0.29, 0.717) is 0 Å². The van der Waals surface area contributed by atoms with Crippen LogP contribution in [-0.2, 0) is 9.53 Å². The summed E-state index contributed by atoms with van der Waals surface area (Å²) in [5.74, 6) is -1.32. The number of rotatable bonds is 1. The van der Waals surface area contributed by atoms with Gasteiger partial charge < -0.3 is 14.6 Å². The summed E-state index contributed by atoms with van der Waals surface area (Å²) in [4.78, 5) is 13.4. The van der Waals surface area contributed by atoms with Crippen LogP contribution in [-0.4, -0.2) is 18.4 Å². The average Bonchev–Trinajstić information content (AvgIpc) is 1.90. The standard InChI is InChI=1S/C5H5NO3/c7-5(8)4-6-2-1-3-9-4/h1-4H,(H,7,8)/p-1. The van der Waals surface area contributed by atoms with Gasteiger partial charge in [0.15, 0.2) is 0 Å². The molecule has 0 fully saturated rings. The number of allylic oxidation sites excluding steroid dienone is 1. The van der Waals surface area contributed by atoms with Crippen LogP contribution in [0, 0.1) is 0 Å². The number of carboxylic acids is 1. The first kappa shape index (κ1) is 5.81. The number of carbonyl (C=O) groups is 1. The summed E-state index contributed by atoms with van der Waals surface area (Å²) in [6.07, 6.45) is 2.95. The van der Waals surface area contributed by atoms with Crippen LogP contribution in [0.4, 0.5) is 0 Å². The molecule has 0 radical (unpaired) electrons. The Morgan fingerprint density at radius 2 is 2.56 bits per heavy atom. The van der Waals surface area contributed by atoms with Crippen molar-refractivity contribution >= 4 is 12.2 Å². The molecule has 1 atom stereocenters. The van der Waals surface area contributed by atoms with Crippen molar-refractivity contribution in [3.63, 3.8) is 0 Å². The first-order valence-corrected chi connectivity index (χ1v) is 2.35. The van der Waals surface area contributed by atoms with E-state index in [1.807, 2.05) is 0 Å². The number of hydrogen-bond acceptors (Lipinski definition) is 4. The normalized spacial score (nSPS) is 23.3.